The van der Waals surface area contributed by atoms with E-state index in [2.05, 4.69) is 44.2 Å². The Labute approximate surface area is 119 Å². The van der Waals surface area contributed by atoms with E-state index in [-0.39, 0.29) is 6.42 Å². The molecule has 0 atom stereocenters. The Morgan fingerprint density at radius 2 is 1.80 bits per heavy atom. The third-order valence-electron chi connectivity index (χ3n) is 3.21. The van der Waals surface area contributed by atoms with Crippen molar-refractivity contribution in [3.8, 4) is 11.1 Å². The summed E-state index contributed by atoms with van der Waals surface area (Å²) < 4.78 is 0. The molecule has 0 bridgehead atoms. The van der Waals surface area contributed by atoms with Crippen molar-refractivity contribution in [3.63, 3.8) is 0 Å². The third kappa shape index (κ3) is 3.58. The topological polar surface area (TPSA) is 37.3 Å². The third-order valence-corrected chi connectivity index (χ3v) is 3.21. The largest absolute Gasteiger partial charge is 0.481 e. The second kappa shape index (κ2) is 6.20. The molecule has 20 heavy (non-hydrogen) atoms. The fraction of sp³-hybridized carbons (Fsp3) is 0.167. The summed E-state index contributed by atoms with van der Waals surface area (Å²) in [6.07, 6.45) is 3.55. The molecule has 1 N–H and O–H groups in total. The molecule has 2 aromatic carbocycles. The van der Waals surface area contributed by atoms with Crippen LogP contribution in [-0.2, 0) is 4.79 Å². The monoisotopic (exact) mass is 266 g/mol. The number of rotatable bonds is 4. The van der Waals surface area contributed by atoms with E-state index in [1.807, 2.05) is 18.2 Å². The molecule has 0 aliphatic carbocycles. The highest BCUT2D eigenvalue weighted by atomic mass is 16.4. The Morgan fingerprint density at radius 3 is 2.40 bits per heavy atom. The van der Waals surface area contributed by atoms with Crippen molar-refractivity contribution >= 4 is 12.0 Å². The first-order valence-electron chi connectivity index (χ1n) is 6.62. The molecule has 0 amide bonds. The molecule has 102 valence electrons. The van der Waals surface area contributed by atoms with E-state index in [9.17, 15) is 4.79 Å². The lowest BCUT2D eigenvalue weighted by Gasteiger charge is -2.07. The maximum Gasteiger partial charge on any atom is 0.307 e. The number of aryl methyl sites for hydroxylation is 2. The van der Waals surface area contributed by atoms with Crippen LogP contribution in [0.25, 0.3) is 17.2 Å². The molecule has 0 aliphatic rings. The average Bonchev–Trinajstić information content (AvgIpc) is 2.39. The molecule has 0 unspecified atom stereocenters. The highest BCUT2D eigenvalue weighted by molar-refractivity contribution is 5.71. The predicted octanol–water partition coefficient (Wildman–Crippen LogP) is 4.46. The Kier molecular flexibility index (Phi) is 4.36. The van der Waals surface area contributed by atoms with E-state index < -0.39 is 5.97 Å². The van der Waals surface area contributed by atoms with Gasteiger partial charge in [-0.25, -0.2) is 0 Å². The van der Waals surface area contributed by atoms with Gasteiger partial charge in [-0.05, 0) is 36.1 Å². The molecule has 2 nitrogen and oxygen atoms in total. The molecule has 0 spiro atoms. The predicted molar refractivity (Wildman–Crippen MR) is 82.6 cm³/mol. The van der Waals surface area contributed by atoms with Gasteiger partial charge in [-0.3, -0.25) is 4.79 Å². The van der Waals surface area contributed by atoms with Crippen molar-refractivity contribution in [3.05, 3.63) is 65.2 Å². The van der Waals surface area contributed by atoms with Crippen LogP contribution < -0.4 is 0 Å². The quantitative estimate of drug-likeness (QED) is 0.887. The normalized spacial score (nSPS) is 10.9. The van der Waals surface area contributed by atoms with E-state index in [0.29, 0.717) is 0 Å². The number of benzene rings is 2. The van der Waals surface area contributed by atoms with E-state index >= 15 is 0 Å². The molecule has 0 radical (unpaired) electrons. The van der Waals surface area contributed by atoms with Gasteiger partial charge in [0.25, 0.3) is 0 Å². The van der Waals surface area contributed by atoms with Gasteiger partial charge < -0.3 is 5.11 Å². The van der Waals surface area contributed by atoms with Crippen LogP contribution in [0.2, 0.25) is 0 Å². The summed E-state index contributed by atoms with van der Waals surface area (Å²) in [5.41, 5.74) is 5.95. The van der Waals surface area contributed by atoms with Crippen molar-refractivity contribution in [2.24, 2.45) is 0 Å². The van der Waals surface area contributed by atoms with Gasteiger partial charge in [-0.2, -0.15) is 0 Å². The van der Waals surface area contributed by atoms with Crippen LogP contribution in [0.4, 0.5) is 0 Å². The first-order valence-corrected chi connectivity index (χ1v) is 6.62. The lowest BCUT2D eigenvalue weighted by molar-refractivity contribution is -0.135. The van der Waals surface area contributed by atoms with Gasteiger partial charge in [0.15, 0.2) is 0 Å². The lowest BCUT2D eigenvalue weighted by Crippen LogP contribution is -1.89. The number of aliphatic carboxylic acids is 1. The minimum atomic E-state index is -0.812. The fourth-order valence-corrected chi connectivity index (χ4v) is 2.21. The summed E-state index contributed by atoms with van der Waals surface area (Å²) >= 11 is 0. The maximum absolute atomic E-state index is 10.4. The lowest BCUT2D eigenvalue weighted by atomic mass is 9.98. The van der Waals surface area contributed by atoms with E-state index in [0.717, 1.165) is 5.56 Å². The zero-order valence-corrected chi connectivity index (χ0v) is 11.8. The summed E-state index contributed by atoms with van der Waals surface area (Å²) in [6, 6.07) is 14.6. The molecular weight excluding hydrogens is 248 g/mol. The number of carboxylic acid groups (broad SMARTS) is 1. The van der Waals surface area contributed by atoms with Crippen LogP contribution in [0.3, 0.4) is 0 Å². The molecule has 2 aromatic rings. The van der Waals surface area contributed by atoms with Crippen LogP contribution in [-0.4, -0.2) is 11.1 Å². The second-order valence-corrected chi connectivity index (χ2v) is 4.94. The molecule has 2 heteroatoms. The standard InChI is InChI=1S/C18H18O2/c1-13-6-11-17(14(2)12-13)16-9-7-15(8-10-16)4-3-5-18(19)20/h3-4,6-12H,5H2,1-2H3,(H,19,20)/b4-3+. The maximum atomic E-state index is 10.4. The molecule has 0 aliphatic heterocycles. The fourth-order valence-electron chi connectivity index (χ4n) is 2.21. The first kappa shape index (κ1) is 14.1. The zero-order valence-electron chi connectivity index (χ0n) is 11.8. The van der Waals surface area contributed by atoms with Crippen LogP contribution in [0.15, 0.2) is 48.5 Å². The number of carboxylic acids is 1. The van der Waals surface area contributed by atoms with Gasteiger partial charge in [0.05, 0.1) is 6.42 Å². The van der Waals surface area contributed by atoms with Gasteiger partial charge in [-0.1, -0.05) is 60.2 Å². The first-order chi connectivity index (χ1) is 9.56. The van der Waals surface area contributed by atoms with E-state index in [4.69, 9.17) is 5.11 Å². The highest BCUT2D eigenvalue weighted by Gasteiger charge is 2.01. The zero-order chi connectivity index (χ0) is 14.5. The van der Waals surface area contributed by atoms with E-state index in [1.165, 1.54) is 22.3 Å². The Hall–Kier alpha value is -2.35. The van der Waals surface area contributed by atoms with Crippen LogP contribution in [0.1, 0.15) is 23.1 Å². The highest BCUT2D eigenvalue weighted by Crippen LogP contribution is 2.24. The van der Waals surface area contributed by atoms with Crippen molar-refractivity contribution in [2.75, 3.05) is 0 Å². The van der Waals surface area contributed by atoms with Crippen molar-refractivity contribution in [1.29, 1.82) is 0 Å². The Balaban J connectivity index is 2.19. The Bertz CT molecular complexity index is 637. The van der Waals surface area contributed by atoms with Gasteiger partial charge in [-0.15, -0.1) is 0 Å². The summed E-state index contributed by atoms with van der Waals surface area (Å²) in [5, 5.41) is 8.59. The smallest absolute Gasteiger partial charge is 0.307 e. The summed E-state index contributed by atoms with van der Waals surface area (Å²) in [7, 11) is 0. The van der Waals surface area contributed by atoms with Crippen molar-refractivity contribution < 1.29 is 9.90 Å². The van der Waals surface area contributed by atoms with Crippen LogP contribution >= 0.6 is 0 Å². The summed E-state index contributed by atoms with van der Waals surface area (Å²) in [4.78, 5) is 10.4. The van der Waals surface area contributed by atoms with Crippen molar-refractivity contribution in [2.45, 2.75) is 20.3 Å². The minimum absolute atomic E-state index is 0.0544. The van der Waals surface area contributed by atoms with Gasteiger partial charge in [0.2, 0.25) is 0 Å². The Morgan fingerprint density at radius 1 is 1.10 bits per heavy atom. The van der Waals surface area contributed by atoms with Gasteiger partial charge in [0, 0.05) is 0 Å². The summed E-state index contributed by atoms with van der Waals surface area (Å²) in [6.45, 7) is 4.20. The second-order valence-electron chi connectivity index (χ2n) is 4.94. The molecule has 0 fully saturated rings. The molecular formula is C18H18O2. The molecule has 2 rings (SSSR count). The molecule has 0 aromatic heterocycles. The van der Waals surface area contributed by atoms with Crippen LogP contribution in [0.5, 0.6) is 0 Å². The SMILES string of the molecule is Cc1ccc(-c2ccc(/C=C/CC(=O)O)cc2)c(C)c1. The summed E-state index contributed by atoms with van der Waals surface area (Å²) in [5.74, 6) is -0.812. The van der Waals surface area contributed by atoms with Crippen LogP contribution in [0, 0.1) is 13.8 Å². The molecule has 0 heterocycles. The number of carbonyl (C=O) groups is 1. The number of hydrogen-bond donors (Lipinski definition) is 1. The van der Waals surface area contributed by atoms with Crippen molar-refractivity contribution in [1.82, 2.24) is 0 Å². The van der Waals surface area contributed by atoms with Gasteiger partial charge in [0.1, 0.15) is 0 Å². The molecule has 0 saturated carbocycles. The number of hydrogen-bond acceptors (Lipinski definition) is 1. The minimum Gasteiger partial charge on any atom is -0.481 e. The molecule has 0 saturated heterocycles. The van der Waals surface area contributed by atoms with Gasteiger partial charge >= 0.3 is 5.97 Å². The van der Waals surface area contributed by atoms with E-state index in [1.54, 1.807) is 6.08 Å². The average molecular weight is 266 g/mol.